The topological polar surface area (TPSA) is 61.0 Å². The molecule has 0 bridgehead atoms. The highest BCUT2D eigenvalue weighted by Crippen LogP contribution is 2.38. The van der Waals surface area contributed by atoms with Gasteiger partial charge in [-0.1, -0.05) is 30.0 Å². The third-order valence-corrected chi connectivity index (χ3v) is 4.59. The van der Waals surface area contributed by atoms with E-state index in [0.29, 0.717) is 6.54 Å². The van der Waals surface area contributed by atoms with Gasteiger partial charge in [0.25, 0.3) is 0 Å². The molecule has 4 nitrogen and oxygen atoms in total. The van der Waals surface area contributed by atoms with E-state index in [0.717, 1.165) is 21.5 Å². The summed E-state index contributed by atoms with van der Waals surface area (Å²) in [4.78, 5) is 4.35. The van der Waals surface area contributed by atoms with Gasteiger partial charge >= 0.3 is 0 Å². The summed E-state index contributed by atoms with van der Waals surface area (Å²) in [5.74, 6) is 1.67. The van der Waals surface area contributed by atoms with Gasteiger partial charge in [-0.3, -0.25) is 0 Å². The fourth-order valence-corrected chi connectivity index (χ4v) is 3.52. The van der Waals surface area contributed by atoms with Crippen LogP contribution in [-0.4, -0.2) is 23.0 Å². The van der Waals surface area contributed by atoms with E-state index in [1.54, 1.807) is 18.9 Å². The molecule has 0 saturated carbocycles. The Bertz CT molecular complexity index is 516. The van der Waals surface area contributed by atoms with Crippen molar-refractivity contribution in [1.29, 1.82) is 0 Å². The van der Waals surface area contributed by atoms with Gasteiger partial charge in [-0.15, -0.1) is 0 Å². The largest absolute Gasteiger partial charge is 0.496 e. The second-order valence-corrected chi connectivity index (χ2v) is 5.89. The van der Waals surface area contributed by atoms with Crippen LogP contribution < -0.4 is 10.5 Å². The van der Waals surface area contributed by atoms with E-state index >= 15 is 0 Å². The average molecular weight is 281 g/mol. The van der Waals surface area contributed by atoms with Crippen LogP contribution in [0.2, 0.25) is 0 Å². The summed E-state index contributed by atoms with van der Waals surface area (Å²) < 4.78 is 10.5. The smallest absolute Gasteiger partial charge is 0.170 e. The van der Waals surface area contributed by atoms with Gasteiger partial charge in [0.05, 0.1) is 12.4 Å². The SMILES string of the molecule is COc1ccccc1C(CN)Sc1nc(C)ns1. The second-order valence-electron chi connectivity index (χ2n) is 3.69. The van der Waals surface area contributed by atoms with Crippen LogP contribution in [0.15, 0.2) is 28.6 Å². The number of thioether (sulfide) groups is 1. The standard InChI is InChI=1S/C12H15N3OS2/c1-8-14-12(18-15-8)17-11(7-13)9-5-3-4-6-10(9)16-2/h3-6,11H,7,13H2,1-2H3. The van der Waals surface area contributed by atoms with E-state index in [4.69, 9.17) is 10.5 Å². The molecule has 0 amide bonds. The Balaban J connectivity index is 2.22. The minimum absolute atomic E-state index is 0.133. The van der Waals surface area contributed by atoms with Crippen molar-refractivity contribution >= 4 is 23.3 Å². The molecule has 1 atom stereocenters. The second kappa shape index (κ2) is 6.17. The van der Waals surface area contributed by atoms with Gasteiger partial charge in [0, 0.05) is 12.1 Å². The van der Waals surface area contributed by atoms with Gasteiger partial charge in [-0.05, 0) is 24.5 Å². The van der Waals surface area contributed by atoms with Crippen molar-refractivity contribution in [3.63, 3.8) is 0 Å². The van der Waals surface area contributed by atoms with Crippen LogP contribution in [0.25, 0.3) is 0 Å². The fourth-order valence-electron chi connectivity index (χ4n) is 1.62. The van der Waals surface area contributed by atoms with Gasteiger partial charge in [0.1, 0.15) is 11.6 Å². The number of ether oxygens (including phenoxy) is 1. The van der Waals surface area contributed by atoms with Gasteiger partial charge in [-0.2, -0.15) is 4.37 Å². The van der Waals surface area contributed by atoms with Crippen molar-refractivity contribution in [3.05, 3.63) is 35.7 Å². The lowest BCUT2D eigenvalue weighted by atomic mass is 10.1. The zero-order chi connectivity index (χ0) is 13.0. The molecule has 2 aromatic rings. The Labute approximate surface area is 115 Å². The van der Waals surface area contributed by atoms with Crippen molar-refractivity contribution < 1.29 is 4.74 Å². The quantitative estimate of drug-likeness (QED) is 0.854. The molecule has 0 saturated heterocycles. The van der Waals surface area contributed by atoms with Crippen LogP contribution in [0, 0.1) is 6.92 Å². The molecule has 0 aliphatic heterocycles. The summed E-state index contributed by atoms with van der Waals surface area (Å²) in [6, 6.07) is 7.93. The molecule has 1 aromatic carbocycles. The molecule has 2 rings (SSSR count). The van der Waals surface area contributed by atoms with Crippen molar-refractivity contribution in [2.75, 3.05) is 13.7 Å². The number of methoxy groups -OCH3 is 1. The van der Waals surface area contributed by atoms with E-state index in [1.165, 1.54) is 11.5 Å². The Hall–Kier alpha value is -1.11. The Morgan fingerprint density at radius 2 is 2.22 bits per heavy atom. The molecular formula is C12H15N3OS2. The predicted molar refractivity (Wildman–Crippen MR) is 75.3 cm³/mol. The molecule has 1 aromatic heterocycles. The number of nitrogens with two attached hydrogens (primary N) is 1. The summed E-state index contributed by atoms with van der Waals surface area (Å²) in [6.45, 7) is 2.42. The predicted octanol–water partition coefficient (Wildman–Crippen LogP) is 2.65. The van der Waals surface area contributed by atoms with Gasteiger partial charge in [0.2, 0.25) is 0 Å². The van der Waals surface area contributed by atoms with Crippen molar-refractivity contribution in [2.45, 2.75) is 16.5 Å². The molecule has 6 heteroatoms. The highest BCUT2D eigenvalue weighted by atomic mass is 32.2. The minimum atomic E-state index is 0.133. The van der Waals surface area contributed by atoms with Crippen LogP contribution in [0.5, 0.6) is 5.75 Å². The Kier molecular flexibility index (Phi) is 4.57. The Morgan fingerprint density at radius 3 is 2.83 bits per heavy atom. The van der Waals surface area contributed by atoms with Gasteiger partial charge < -0.3 is 10.5 Å². The van der Waals surface area contributed by atoms with E-state index in [-0.39, 0.29) is 5.25 Å². The summed E-state index contributed by atoms with van der Waals surface area (Å²) in [5, 5.41) is 0.133. The molecule has 1 unspecified atom stereocenters. The van der Waals surface area contributed by atoms with Crippen molar-refractivity contribution in [1.82, 2.24) is 9.36 Å². The maximum atomic E-state index is 5.86. The molecule has 0 spiro atoms. The first-order valence-electron chi connectivity index (χ1n) is 5.54. The summed E-state index contributed by atoms with van der Waals surface area (Å²) in [7, 11) is 1.67. The molecular weight excluding hydrogens is 266 g/mol. The lowest BCUT2D eigenvalue weighted by Gasteiger charge is -2.16. The van der Waals surface area contributed by atoms with Crippen LogP contribution in [0.1, 0.15) is 16.6 Å². The monoisotopic (exact) mass is 281 g/mol. The number of nitrogens with zero attached hydrogens (tertiary/aromatic N) is 2. The molecule has 1 heterocycles. The molecule has 0 aliphatic carbocycles. The zero-order valence-corrected chi connectivity index (χ0v) is 11.9. The molecule has 18 heavy (non-hydrogen) atoms. The van der Waals surface area contributed by atoms with E-state index in [9.17, 15) is 0 Å². The first-order chi connectivity index (χ1) is 8.74. The van der Waals surface area contributed by atoms with E-state index < -0.39 is 0 Å². The number of hydrogen-bond donors (Lipinski definition) is 1. The Morgan fingerprint density at radius 1 is 1.44 bits per heavy atom. The number of benzene rings is 1. The summed E-state index contributed by atoms with van der Waals surface area (Å²) >= 11 is 3.04. The molecule has 96 valence electrons. The lowest BCUT2D eigenvalue weighted by Crippen LogP contribution is -2.10. The molecule has 0 aliphatic rings. The summed E-state index contributed by atoms with van der Waals surface area (Å²) in [6.07, 6.45) is 0. The average Bonchev–Trinajstić information content (AvgIpc) is 2.81. The van der Waals surface area contributed by atoms with Crippen LogP contribution in [-0.2, 0) is 0 Å². The number of aryl methyl sites for hydroxylation is 1. The maximum Gasteiger partial charge on any atom is 0.170 e. The first kappa shape index (κ1) is 13.3. The fraction of sp³-hybridized carbons (Fsp3) is 0.333. The van der Waals surface area contributed by atoms with Crippen LogP contribution in [0.3, 0.4) is 0 Å². The van der Waals surface area contributed by atoms with Crippen molar-refractivity contribution in [3.8, 4) is 5.75 Å². The normalized spacial score (nSPS) is 12.4. The number of hydrogen-bond acceptors (Lipinski definition) is 6. The third-order valence-electron chi connectivity index (χ3n) is 2.45. The highest BCUT2D eigenvalue weighted by Gasteiger charge is 2.17. The van der Waals surface area contributed by atoms with Gasteiger partial charge in [0.15, 0.2) is 4.34 Å². The first-order valence-corrected chi connectivity index (χ1v) is 7.20. The maximum absolute atomic E-state index is 5.86. The molecule has 2 N–H and O–H groups in total. The third kappa shape index (κ3) is 3.01. The number of para-hydroxylation sites is 1. The summed E-state index contributed by atoms with van der Waals surface area (Å²) in [5.41, 5.74) is 6.96. The van der Waals surface area contributed by atoms with E-state index in [2.05, 4.69) is 9.36 Å². The highest BCUT2D eigenvalue weighted by molar-refractivity contribution is 8.01. The molecule has 0 radical (unpaired) electrons. The number of rotatable bonds is 5. The lowest BCUT2D eigenvalue weighted by molar-refractivity contribution is 0.409. The zero-order valence-electron chi connectivity index (χ0n) is 10.3. The minimum Gasteiger partial charge on any atom is -0.496 e. The van der Waals surface area contributed by atoms with Gasteiger partial charge in [-0.25, -0.2) is 4.98 Å². The van der Waals surface area contributed by atoms with Crippen molar-refractivity contribution in [2.24, 2.45) is 5.73 Å². The van der Waals surface area contributed by atoms with Crippen LogP contribution in [0.4, 0.5) is 0 Å². The number of aromatic nitrogens is 2. The van der Waals surface area contributed by atoms with E-state index in [1.807, 2.05) is 31.2 Å². The molecule has 0 fully saturated rings. The van der Waals surface area contributed by atoms with Crippen LogP contribution >= 0.6 is 23.3 Å².